The Morgan fingerprint density at radius 2 is 2.00 bits per heavy atom. The van der Waals surface area contributed by atoms with Crippen molar-refractivity contribution in [2.45, 2.75) is 44.9 Å². The molecule has 0 aromatic carbocycles. The minimum absolute atomic E-state index is 0.0905. The van der Waals surface area contributed by atoms with Crippen LogP contribution < -0.4 is 5.32 Å². The van der Waals surface area contributed by atoms with Gasteiger partial charge in [-0.3, -0.25) is 4.79 Å². The molecule has 1 fully saturated rings. The molecule has 1 N–H and O–H groups in total. The molecule has 1 rings (SSSR count). The maximum atomic E-state index is 11.3. The van der Waals surface area contributed by atoms with Crippen molar-refractivity contribution < 1.29 is 4.79 Å². The van der Waals surface area contributed by atoms with Crippen LogP contribution in [0.15, 0.2) is 0 Å². The van der Waals surface area contributed by atoms with Crippen LogP contribution in [-0.4, -0.2) is 17.8 Å². The van der Waals surface area contributed by atoms with Gasteiger partial charge in [0.1, 0.15) is 0 Å². The van der Waals surface area contributed by atoms with Crippen molar-refractivity contribution in [3.05, 3.63) is 0 Å². The van der Waals surface area contributed by atoms with Gasteiger partial charge in [-0.1, -0.05) is 26.7 Å². The summed E-state index contributed by atoms with van der Waals surface area (Å²) in [5, 5.41) is 3.01. The maximum Gasteiger partial charge on any atom is 0.223 e. The summed E-state index contributed by atoms with van der Waals surface area (Å²) >= 11 is 6.20. The van der Waals surface area contributed by atoms with Crippen molar-refractivity contribution >= 4 is 17.5 Å². The summed E-state index contributed by atoms with van der Waals surface area (Å²) in [5.74, 6) is 1.01. The molecule has 0 bridgehead atoms. The van der Waals surface area contributed by atoms with Crippen LogP contribution in [-0.2, 0) is 4.79 Å². The van der Waals surface area contributed by atoms with E-state index in [1.165, 1.54) is 0 Å². The molecule has 1 atom stereocenters. The van der Waals surface area contributed by atoms with E-state index in [-0.39, 0.29) is 11.3 Å². The van der Waals surface area contributed by atoms with Gasteiger partial charge in [-0.2, -0.15) is 0 Å². The van der Waals surface area contributed by atoms with Crippen molar-refractivity contribution in [1.82, 2.24) is 5.32 Å². The highest BCUT2D eigenvalue weighted by atomic mass is 35.5. The van der Waals surface area contributed by atoms with E-state index in [2.05, 4.69) is 19.2 Å². The Bertz CT molecular complexity index is 188. The molecule has 82 valence electrons. The maximum absolute atomic E-state index is 11.3. The molecule has 14 heavy (non-hydrogen) atoms. The number of carbonyl (C=O) groups excluding carboxylic acids is 1. The van der Waals surface area contributed by atoms with E-state index >= 15 is 0 Å². The molecule has 1 amide bonds. The summed E-state index contributed by atoms with van der Waals surface area (Å²) < 4.78 is 0. The zero-order valence-corrected chi connectivity index (χ0v) is 9.81. The third kappa shape index (κ3) is 3.49. The van der Waals surface area contributed by atoms with Gasteiger partial charge < -0.3 is 5.32 Å². The Labute approximate surface area is 91.4 Å². The third-order valence-electron chi connectivity index (χ3n) is 2.98. The molecule has 0 heterocycles. The topological polar surface area (TPSA) is 29.1 Å². The average molecular weight is 218 g/mol. The van der Waals surface area contributed by atoms with Crippen LogP contribution in [0, 0.1) is 11.8 Å². The van der Waals surface area contributed by atoms with Crippen LogP contribution in [0.1, 0.15) is 39.5 Å². The normalized spacial score (nSPS) is 18.3. The molecule has 2 nitrogen and oxygen atoms in total. The number of hydrogen-bond donors (Lipinski definition) is 1. The van der Waals surface area contributed by atoms with Gasteiger partial charge in [-0.15, -0.1) is 11.6 Å². The van der Waals surface area contributed by atoms with Gasteiger partial charge >= 0.3 is 0 Å². The molecular formula is C11H20ClNO. The fourth-order valence-corrected chi connectivity index (χ4v) is 2.09. The number of hydrogen-bond acceptors (Lipinski definition) is 1. The molecule has 0 aromatic heterocycles. The van der Waals surface area contributed by atoms with Crippen LogP contribution in [0.25, 0.3) is 0 Å². The van der Waals surface area contributed by atoms with Gasteiger partial charge in [0.05, 0.1) is 5.38 Å². The van der Waals surface area contributed by atoms with Gasteiger partial charge in [0.2, 0.25) is 5.91 Å². The molecule has 0 aromatic rings. The van der Waals surface area contributed by atoms with E-state index in [1.807, 2.05) is 0 Å². The van der Waals surface area contributed by atoms with E-state index in [0.717, 1.165) is 25.7 Å². The van der Waals surface area contributed by atoms with E-state index in [4.69, 9.17) is 11.6 Å². The van der Waals surface area contributed by atoms with E-state index in [0.29, 0.717) is 18.4 Å². The number of carbonyl (C=O) groups is 1. The van der Waals surface area contributed by atoms with Crippen molar-refractivity contribution in [3.63, 3.8) is 0 Å². The molecular weight excluding hydrogens is 198 g/mol. The second-order valence-electron chi connectivity index (χ2n) is 4.11. The first-order valence-electron chi connectivity index (χ1n) is 5.60. The van der Waals surface area contributed by atoms with Crippen LogP contribution >= 0.6 is 11.6 Å². The second-order valence-corrected chi connectivity index (χ2v) is 4.67. The van der Waals surface area contributed by atoms with Crippen LogP contribution in [0.5, 0.6) is 0 Å². The average Bonchev–Trinajstić information content (AvgIpc) is 2.99. The lowest BCUT2D eigenvalue weighted by atomic mass is 9.99. The molecule has 1 aliphatic carbocycles. The summed E-state index contributed by atoms with van der Waals surface area (Å²) in [7, 11) is 0. The SMILES string of the molecule is CCC(CC)C(Cl)CNC(=O)C1CC1. The van der Waals surface area contributed by atoms with Crippen molar-refractivity contribution in [2.24, 2.45) is 11.8 Å². The van der Waals surface area contributed by atoms with Crippen molar-refractivity contribution in [3.8, 4) is 0 Å². The summed E-state index contributed by atoms with van der Waals surface area (Å²) in [6, 6.07) is 0. The lowest BCUT2D eigenvalue weighted by Crippen LogP contribution is -2.33. The van der Waals surface area contributed by atoms with Gasteiger partial charge in [0, 0.05) is 12.5 Å². The quantitative estimate of drug-likeness (QED) is 0.681. The number of halogens is 1. The third-order valence-corrected chi connectivity index (χ3v) is 3.49. The molecule has 0 saturated heterocycles. The fraction of sp³-hybridized carbons (Fsp3) is 0.909. The summed E-state index contributed by atoms with van der Waals surface area (Å²) in [5.41, 5.74) is 0. The molecule has 1 aliphatic rings. The number of alkyl halides is 1. The first-order valence-corrected chi connectivity index (χ1v) is 6.04. The van der Waals surface area contributed by atoms with E-state index in [1.54, 1.807) is 0 Å². The van der Waals surface area contributed by atoms with Gasteiger partial charge in [0.25, 0.3) is 0 Å². The predicted molar refractivity (Wildman–Crippen MR) is 59.4 cm³/mol. The molecule has 0 radical (unpaired) electrons. The Balaban J connectivity index is 2.18. The van der Waals surface area contributed by atoms with Crippen LogP contribution in [0.4, 0.5) is 0 Å². The first kappa shape index (κ1) is 11.8. The van der Waals surface area contributed by atoms with E-state index in [9.17, 15) is 4.79 Å². The fourth-order valence-electron chi connectivity index (χ4n) is 1.65. The first-order chi connectivity index (χ1) is 6.69. The Morgan fingerprint density at radius 1 is 1.43 bits per heavy atom. The van der Waals surface area contributed by atoms with Gasteiger partial charge in [-0.05, 0) is 18.8 Å². The van der Waals surface area contributed by atoms with Crippen molar-refractivity contribution in [2.75, 3.05) is 6.54 Å². The van der Waals surface area contributed by atoms with Crippen LogP contribution in [0.2, 0.25) is 0 Å². The van der Waals surface area contributed by atoms with Crippen molar-refractivity contribution in [1.29, 1.82) is 0 Å². The molecule has 1 saturated carbocycles. The van der Waals surface area contributed by atoms with Gasteiger partial charge in [-0.25, -0.2) is 0 Å². The summed E-state index contributed by atoms with van der Waals surface area (Å²) in [6.45, 7) is 4.92. The lowest BCUT2D eigenvalue weighted by Gasteiger charge is -2.19. The lowest BCUT2D eigenvalue weighted by molar-refractivity contribution is -0.122. The Hall–Kier alpha value is -0.240. The molecule has 0 aliphatic heterocycles. The second kappa shape index (κ2) is 5.59. The number of rotatable bonds is 6. The highest BCUT2D eigenvalue weighted by Gasteiger charge is 2.29. The Kier molecular flexibility index (Phi) is 4.73. The largest absolute Gasteiger partial charge is 0.354 e. The minimum Gasteiger partial charge on any atom is -0.354 e. The smallest absolute Gasteiger partial charge is 0.223 e. The minimum atomic E-state index is 0.0905. The highest BCUT2D eigenvalue weighted by molar-refractivity contribution is 6.21. The van der Waals surface area contributed by atoms with Gasteiger partial charge in [0.15, 0.2) is 0 Å². The zero-order valence-electron chi connectivity index (χ0n) is 9.05. The number of amides is 1. The summed E-state index contributed by atoms with van der Waals surface area (Å²) in [6.07, 6.45) is 4.29. The van der Waals surface area contributed by atoms with E-state index < -0.39 is 0 Å². The summed E-state index contributed by atoms with van der Waals surface area (Å²) in [4.78, 5) is 11.3. The molecule has 3 heteroatoms. The number of nitrogens with one attached hydrogen (secondary N) is 1. The molecule has 1 unspecified atom stereocenters. The monoisotopic (exact) mass is 217 g/mol. The predicted octanol–water partition coefficient (Wildman–Crippen LogP) is 2.56. The van der Waals surface area contributed by atoms with Crippen LogP contribution in [0.3, 0.4) is 0 Å². The zero-order chi connectivity index (χ0) is 10.6. The standard InChI is InChI=1S/C11H20ClNO/c1-3-8(4-2)10(12)7-13-11(14)9-5-6-9/h8-10H,3-7H2,1-2H3,(H,13,14). The highest BCUT2D eigenvalue weighted by Crippen LogP contribution is 2.28. The molecule has 0 spiro atoms. The Morgan fingerprint density at radius 3 is 2.43 bits per heavy atom.